The molecule has 0 spiro atoms. The van der Waals surface area contributed by atoms with E-state index >= 15 is 0 Å². The van der Waals surface area contributed by atoms with E-state index in [1.54, 1.807) is 10.3 Å². The summed E-state index contributed by atoms with van der Waals surface area (Å²) in [6.07, 6.45) is -1.22. The van der Waals surface area contributed by atoms with E-state index in [0.717, 1.165) is 22.0 Å². The molecule has 3 rings (SSSR count). The Balaban J connectivity index is 1.54. The lowest BCUT2D eigenvalue weighted by Crippen LogP contribution is -2.39. The van der Waals surface area contributed by atoms with Gasteiger partial charge in [0.05, 0.1) is 5.01 Å². The van der Waals surface area contributed by atoms with Crippen molar-refractivity contribution in [2.75, 3.05) is 13.1 Å². The van der Waals surface area contributed by atoms with E-state index in [9.17, 15) is 22.8 Å². The van der Waals surface area contributed by atoms with Crippen molar-refractivity contribution in [2.45, 2.75) is 31.5 Å². The molecule has 1 aliphatic rings. The number of thiazole rings is 1. The number of alkyl halides is 3. The summed E-state index contributed by atoms with van der Waals surface area (Å²) in [5.41, 5.74) is -0.591. The zero-order valence-corrected chi connectivity index (χ0v) is 13.9. The summed E-state index contributed by atoms with van der Waals surface area (Å²) in [5.74, 6) is -0.0627. The van der Waals surface area contributed by atoms with Crippen LogP contribution in [0.4, 0.5) is 13.2 Å². The summed E-state index contributed by atoms with van der Waals surface area (Å²) in [6, 6.07) is 0.854. The molecular weight excluding hydrogens is 357 g/mol. The van der Waals surface area contributed by atoms with Crippen molar-refractivity contribution in [3.63, 3.8) is 0 Å². The first-order valence-corrected chi connectivity index (χ1v) is 8.54. The second kappa shape index (κ2) is 6.95. The lowest BCUT2D eigenvalue weighted by atomic mass is 9.97. The SMILES string of the molecule is O=Cc1csc(C2CCN(C(=O)Cn3ccc(C(F)(F)F)n3)CC2)n1. The number of carbonyl (C=O) groups is 2. The van der Waals surface area contributed by atoms with Gasteiger partial charge in [0.2, 0.25) is 5.91 Å². The maximum atomic E-state index is 12.5. The molecule has 0 aliphatic carbocycles. The van der Waals surface area contributed by atoms with Gasteiger partial charge < -0.3 is 4.90 Å². The fourth-order valence-corrected chi connectivity index (χ4v) is 3.69. The summed E-state index contributed by atoms with van der Waals surface area (Å²) in [7, 11) is 0. The Hall–Kier alpha value is -2.23. The fourth-order valence-electron chi connectivity index (χ4n) is 2.76. The van der Waals surface area contributed by atoms with Crippen LogP contribution in [0.2, 0.25) is 0 Å². The van der Waals surface area contributed by atoms with Crippen molar-refractivity contribution < 1.29 is 22.8 Å². The summed E-state index contributed by atoms with van der Waals surface area (Å²) < 4.78 is 38.6. The molecule has 3 heterocycles. The van der Waals surface area contributed by atoms with Gasteiger partial charge in [-0.1, -0.05) is 0 Å². The molecule has 1 amide bonds. The van der Waals surface area contributed by atoms with E-state index < -0.39 is 11.9 Å². The maximum absolute atomic E-state index is 12.5. The van der Waals surface area contributed by atoms with E-state index in [1.165, 1.54) is 11.3 Å². The number of hydrogen-bond acceptors (Lipinski definition) is 5. The fraction of sp³-hybridized carbons (Fsp3) is 0.467. The van der Waals surface area contributed by atoms with Gasteiger partial charge >= 0.3 is 6.18 Å². The first kappa shape index (κ1) is 17.6. The van der Waals surface area contributed by atoms with Crippen LogP contribution in [0.25, 0.3) is 0 Å². The van der Waals surface area contributed by atoms with Crippen molar-refractivity contribution in [2.24, 2.45) is 0 Å². The van der Waals surface area contributed by atoms with Crippen LogP contribution in [0, 0.1) is 0 Å². The van der Waals surface area contributed by atoms with E-state index in [-0.39, 0.29) is 18.4 Å². The number of aldehydes is 1. The minimum Gasteiger partial charge on any atom is -0.341 e. The molecule has 0 atom stereocenters. The standard InChI is InChI=1S/C15H15F3N4O2S/c16-15(17,18)12-3-6-22(20-12)7-13(24)21-4-1-10(2-5-21)14-19-11(8-23)9-25-14/h3,6,8-10H,1-2,4-5,7H2. The molecule has 0 bridgehead atoms. The number of rotatable bonds is 4. The number of halogens is 3. The highest BCUT2D eigenvalue weighted by atomic mass is 32.1. The molecule has 1 aliphatic heterocycles. The van der Waals surface area contributed by atoms with Crippen LogP contribution in [0.1, 0.15) is 39.9 Å². The smallest absolute Gasteiger partial charge is 0.341 e. The molecule has 2 aromatic heterocycles. The third-order valence-electron chi connectivity index (χ3n) is 4.09. The normalized spacial score (nSPS) is 16.2. The number of nitrogens with zero attached hydrogens (tertiary/aromatic N) is 4. The number of hydrogen-bond donors (Lipinski definition) is 0. The van der Waals surface area contributed by atoms with Crippen LogP contribution in [0.15, 0.2) is 17.6 Å². The van der Waals surface area contributed by atoms with Crippen LogP contribution < -0.4 is 0 Å². The van der Waals surface area contributed by atoms with E-state index in [1.807, 2.05) is 0 Å². The highest BCUT2D eigenvalue weighted by Crippen LogP contribution is 2.30. The lowest BCUT2D eigenvalue weighted by molar-refractivity contribution is -0.142. The number of likely N-dealkylation sites (tertiary alicyclic amines) is 1. The lowest BCUT2D eigenvalue weighted by Gasteiger charge is -2.31. The largest absolute Gasteiger partial charge is 0.435 e. The van der Waals surface area contributed by atoms with Gasteiger partial charge in [0.15, 0.2) is 12.0 Å². The Morgan fingerprint density at radius 1 is 1.36 bits per heavy atom. The average molecular weight is 372 g/mol. The van der Waals surface area contributed by atoms with Gasteiger partial charge in [-0.15, -0.1) is 11.3 Å². The van der Waals surface area contributed by atoms with Crippen LogP contribution in [-0.2, 0) is 17.5 Å². The van der Waals surface area contributed by atoms with Gasteiger partial charge in [-0.3, -0.25) is 14.3 Å². The average Bonchev–Trinajstić information content (AvgIpc) is 3.23. The minimum absolute atomic E-state index is 0.198. The summed E-state index contributed by atoms with van der Waals surface area (Å²) in [6.45, 7) is 0.799. The molecule has 25 heavy (non-hydrogen) atoms. The summed E-state index contributed by atoms with van der Waals surface area (Å²) in [5, 5.41) is 5.98. The zero-order valence-electron chi connectivity index (χ0n) is 13.1. The molecular formula is C15H15F3N4O2S. The summed E-state index contributed by atoms with van der Waals surface area (Å²) >= 11 is 1.43. The zero-order chi connectivity index (χ0) is 18.0. The van der Waals surface area contributed by atoms with Crippen LogP contribution in [-0.4, -0.2) is 44.9 Å². The Morgan fingerprint density at radius 2 is 2.08 bits per heavy atom. The summed E-state index contributed by atoms with van der Waals surface area (Å²) in [4.78, 5) is 28.8. The van der Waals surface area contributed by atoms with E-state index in [4.69, 9.17) is 0 Å². The Kier molecular flexibility index (Phi) is 4.89. The third kappa shape index (κ3) is 4.06. The van der Waals surface area contributed by atoms with Crippen molar-refractivity contribution in [1.29, 1.82) is 0 Å². The molecule has 0 saturated carbocycles. The molecule has 0 unspecified atom stereocenters. The third-order valence-corrected chi connectivity index (χ3v) is 5.11. The van der Waals surface area contributed by atoms with Gasteiger partial charge in [0.1, 0.15) is 12.2 Å². The molecule has 0 aromatic carbocycles. The van der Waals surface area contributed by atoms with Gasteiger partial charge in [-0.05, 0) is 18.9 Å². The van der Waals surface area contributed by atoms with Gasteiger partial charge in [-0.2, -0.15) is 18.3 Å². The van der Waals surface area contributed by atoms with Gasteiger partial charge in [-0.25, -0.2) is 4.98 Å². The molecule has 6 nitrogen and oxygen atoms in total. The Labute approximate surface area is 145 Å². The van der Waals surface area contributed by atoms with Crippen molar-refractivity contribution in [3.8, 4) is 0 Å². The second-order valence-corrected chi connectivity index (χ2v) is 6.67. The van der Waals surface area contributed by atoms with Gasteiger partial charge in [0.25, 0.3) is 0 Å². The molecule has 1 fully saturated rings. The molecule has 134 valence electrons. The first-order valence-electron chi connectivity index (χ1n) is 7.66. The highest BCUT2D eigenvalue weighted by molar-refractivity contribution is 7.09. The molecule has 0 radical (unpaired) electrons. The number of aromatic nitrogens is 3. The topological polar surface area (TPSA) is 68.1 Å². The maximum Gasteiger partial charge on any atom is 0.435 e. The molecule has 0 N–H and O–H groups in total. The monoisotopic (exact) mass is 372 g/mol. The van der Waals surface area contributed by atoms with Crippen LogP contribution >= 0.6 is 11.3 Å². The quantitative estimate of drug-likeness (QED) is 0.774. The molecule has 1 saturated heterocycles. The number of piperidine rings is 1. The van der Waals surface area contributed by atoms with Crippen molar-refractivity contribution >= 4 is 23.5 Å². The predicted molar refractivity (Wildman–Crippen MR) is 83.3 cm³/mol. The van der Waals surface area contributed by atoms with Gasteiger partial charge in [0, 0.05) is 30.6 Å². The van der Waals surface area contributed by atoms with Crippen molar-refractivity contribution in [1.82, 2.24) is 19.7 Å². The van der Waals surface area contributed by atoms with Crippen molar-refractivity contribution in [3.05, 3.63) is 34.0 Å². The molecule has 10 heteroatoms. The second-order valence-electron chi connectivity index (χ2n) is 5.78. The van der Waals surface area contributed by atoms with Crippen LogP contribution in [0.5, 0.6) is 0 Å². The Morgan fingerprint density at radius 3 is 2.64 bits per heavy atom. The first-order chi connectivity index (χ1) is 11.9. The number of amides is 1. The minimum atomic E-state index is -4.51. The predicted octanol–water partition coefficient (Wildman–Crippen LogP) is 2.58. The Bertz CT molecular complexity index is 763. The van der Waals surface area contributed by atoms with E-state index in [2.05, 4.69) is 10.1 Å². The number of carbonyl (C=O) groups excluding carboxylic acids is 2. The highest BCUT2D eigenvalue weighted by Gasteiger charge is 2.34. The van der Waals surface area contributed by atoms with E-state index in [0.29, 0.717) is 37.9 Å². The molecule has 2 aromatic rings. The van der Waals surface area contributed by atoms with Crippen LogP contribution in [0.3, 0.4) is 0 Å².